The van der Waals surface area contributed by atoms with E-state index in [0.717, 1.165) is 49.9 Å². The number of nitrogens with one attached hydrogen (secondary N) is 2. The van der Waals surface area contributed by atoms with Crippen molar-refractivity contribution in [2.75, 3.05) is 19.8 Å². The van der Waals surface area contributed by atoms with Gasteiger partial charge in [0.05, 0.1) is 12.7 Å². The van der Waals surface area contributed by atoms with Crippen molar-refractivity contribution in [1.29, 1.82) is 0 Å². The Balaban J connectivity index is 1.18. The summed E-state index contributed by atoms with van der Waals surface area (Å²) in [6.45, 7) is 6.02. The van der Waals surface area contributed by atoms with Gasteiger partial charge in [0.15, 0.2) is 43.2 Å². The Morgan fingerprint density at radius 2 is 1.26 bits per heavy atom. The van der Waals surface area contributed by atoms with Gasteiger partial charge in [0.1, 0.15) is 43.7 Å². The van der Waals surface area contributed by atoms with Crippen molar-refractivity contribution < 1.29 is 90.8 Å². The predicted octanol–water partition coefficient (Wildman–Crippen LogP) is 3.20. The summed E-state index contributed by atoms with van der Waals surface area (Å²) >= 11 is 0. The van der Waals surface area contributed by atoms with Crippen LogP contribution in [0.25, 0.3) is 11.1 Å². The van der Waals surface area contributed by atoms with E-state index in [-0.39, 0.29) is 19.1 Å². The molecule has 3 aliphatic heterocycles. The molecule has 13 atom stereocenters. The van der Waals surface area contributed by atoms with Gasteiger partial charge >= 0.3 is 35.9 Å². The van der Waals surface area contributed by atoms with Crippen molar-refractivity contribution in [1.82, 2.24) is 10.6 Å². The van der Waals surface area contributed by atoms with Gasteiger partial charge in [-0.1, -0.05) is 78.9 Å². The Bertz CT molecular complexity index is 2320. The first-order chi connectivity index (χ1) is 33.0. The molecule has 4 aliphatic rings. The molecule has 3 saturated heterocycles. The van der Waals surface area contributed by atoms with Crippen LogP contribution >= 0.6 is 0 Å². The van der Waals surface area contributed by atoms with E-state index in [0.29, 0.717) is 5.56 Å². The molecule has 2 amide bonds. The summed E-state index contributed by atoms with van der Waals surface area (Å²) in [7, 11) is 0. The van der Waals surface area contributed by atoms with Crippen molar-refractivity contribution in [3.05, 3.63) is 95.6 Å². The van der Waals surface area contributed by atoms with E-state index in [1.807, 2.05) is 48.5 Å². The molecule has 3 aromatic carbocycles. The molecular formula is C48H54N2O19. The molecular weight excluding hydrogens is 909 g/mol. The molecule has 7 rings (SSSR count). The first kappa shape index (κ1) is 50.4. The van der Waals surface area contributed by atoms with E-state index < -0.39 is 128 Å². The second-order valence-corrected chi connectivity index (χ2v) is 16.7. The zero-order valence-electron chi connectivity index (χ0n) is 38.5. The Kier molecular flexibility index (Phi) is 16.3. The number of carbonyl (C=O) groups is 7. The molecule has 21 nitrogen and oxygen atoms in total. The smallest absolute Gasteiger partial charge is 0.407 e. The second-order valence-electron chi connectivity index (χ2n) is 16.7. The normalized spacial score (nSPS) is 27.9. The van der Waals surface area contributed by atoms with Crippen LogP contribution in [-0.2, 0) is 80.9 Å². The minimum absolute atomic E-state index is 0.108. The summed E-state index contributed by atoms with van der Waals surface area (Å²) in [5.74, 6) is -5.84. The molecule has 0 spiro atoms. The second kappa shape index (κ2) is 22.3. The van der Waals surface area contributed by atoms with Crippen molar-refractivity contribution >= 4 is 41.8 Å². The molecule has 0 radical (unpaired) electrons. The fourth-order valence-electron chi connectivity index (χ4n) is 8.91. The maximum atomic E-state index is 13.4. The van der Waals surface area contributed by atoms with Gasteiger partial charge in [0, 0.05) is 46.1 Å². The van der Waals surface area contributed by atoms with Crippen LogP contribution < -0.4 is 10.6 Å². The lowest BCUT2D eigenvalue weighted by atomic mass is 9.94. The van der Waals surface area contributed by atoms with Gasteiger partial charge in [-0.05, 0) is 29.2 Å². The highest BCUT2D eigenvalue weighted by Gasteiger charge is 2.58. The van der Waals surface area contributed by atoms with Crippen molar-refractivity contribution in [2.24, 2.45) is 0 Å². The molecule has 3 N–H and O–H groups in total. The lowest BCUT2D eigenvalue weighted by molar-refractivity contribution is -0.381. The Hall–Kier alpha value is -6.49. The minimum Gasteiger partial charge on any atom is -0.480 e. The van der Waals surface area contributed by atoms with Crippen molar-refractivity contribution in [2.45, 2.75) is 127 Å². The summed E-state index contributed by atoms with van der Waals surface area (Å²) < 4.78 is 65.9. The Labute approximate surface area is 396 Å². The monoisotopic (exact) mass is 962 g/mol. The Morgan fingerprint density at radius 3 is 1.86 bits per heavy atom. The number of benzene rings is 3. The number of fused-ring (bicyclic) bond motifs is 4. The molecule has 1 unspecified atom stereocenters. The third-order valence-electron chi connectivity index (χ3n) is 11.7. The lowest BCUT2D eigenvalue weighted by Crippen LogP contribution is -2.70. The number of carboxylic acid groups (broad SMARTS) is 1. The number of rotatable bonds is 16. The van der Waals surface area contributed by atoms with Crippen LogP contribution in [0.2, 0.25) is 0 Å². The van der Waals surface area contributed by atoms with E-state index in [2.05, 4.69) is 10.6 Å². The van der Waals surface area contributed by atoms with Crippen LogP contribution in [0.5, 0.6) is 0 Å². The fraction of sp³-hybridized carbons (Fsp3) is 0.479. The average molecular weight is 963 g/mol. The SMILES string of the molecule is CC(=O)N[C@H]1[C@@H](O[C@H](C)[C@H](NC(=O)OCC2c3ccccc3-c3ccccc32)C(=O)O)O[C@@H]2COC(c3ccccc3)O[C@@H]2[C@@H]1O[C@@H]1O[C@H](COC(C)=O)[C@H](OC(C)=O)[C@H](OC(C)=O)[C@H]1OC(C)=O. The number of carboxylic acids is 1. The van der Waals surface area contributed by atoms with Crippen molar-refractivity contribution in [3.8, 4) is 11.1 Å². The van der Waals surface area contributed by atoms with Crippen LogP contribution in [-0.4, -0.2) is 140 Å². The molecule has 3 heterocycles. The quantitative estimate of drug-likeness (QED) is 0.137. The summed E-state index contributed by atoms with van der Waals surface area (Å²) in [6.07, 6.45) is -16.8. The molecule has 69 heavy (non-hydrogen) atoms. The third kappa shape index (κ3) is 12.0. The van der Waals surface area contributed by atoms with E-state index in [9.17, 15) is 38.7 Å². The zero-order chi connectivity index (χ0) is 49.5. The van der Waals surface area contributed by atoms with Gasteiger partial charge in [0.2, 0.25) is 5.91 Å². The average Bonchev–Trinajstić information content (AvgIpc) is 3.62. The summed E-state index contributed by atoms with van der Waals surface area (Å²) in [6, 6.07) is 21.1. The van der Waals surface area contributed by atoms with E-state index >= 15 is 0 Å². The van der Waals surface area contributed by atoms with Crippen LogP contribution in [0.3, 0.4) is 0 Å². The van der Waals surface area contributed by atoms with Crippen LogP contribution in [0, 0.1) is 0 Å². The molecule has 0 bridgehead atoms. The predicted molar refractivity (Wildman–Crippen MR) is 233 cm³/mol. The molecule has 0 aromatic heterocycles. The number of carbonyl (C=O) groups excluding carboxylic acids is 6. The standard InChI is InChI=1S/C48H54N2O19/c1-23(37(44(56)57)50-48(58)61-20-34-32-18-12-10-16-30(32)31-17-11-13-19-33(31)34)62-46-38(49-24(2)51)41(39-36(66-46)22-60-45(68-39)29-14-8-7-9-15-29)69-47-43(65-28(6)55)42(64-27(5)54)40(63-26(4)53)35(67-47)21-59-25(3)52/h7-19,23,34-43,45-47H,20-22H2,1-6H3,(H,49,51)(H,50,58)(H,56,57)/t23-,35-,36-,37+,38-,39+,40+,41-,42+,43-,45?,46+,47+/m1/s1. The van der Waals surface area contributed by atoms with Gasteiger partial charge in [0.25, 0.3) is 0 Å². The largest absolute Gasteiger partial charge is 0.480 e. The van der Waals surface area contributed by atoms with Gasteiger partial charge in [-0.15, -0.1) is 0 Å². The fourth-order valence-corrected chi connectivity index (χ4v) is 8.91. The van der Waals surface area contributed by atoms with Crippen LogP contribution in [0.4, 0.5) is 4.79 Å². The van der Waals surface area contributed by atoms with E-state index in [4.69, 9.17) is 52.1 Å². The first-order valence-electron chi connectivity index (χ1n) is 22.2. The zero-order valence-corrected chi connectivity index (χ0v) is 38.5. The molecule has 21 heteroatoms. The highest BCUT2D eigenvalue weighted by Crippen LogP contribution is 2.45. The van der Waals surface area contributed by atoms with E-state index in [1.165, 1.54) is 13.8 Å². The highest BCUT2D eigenvalue weighted by molar-refractivity contribution is 5.81. The molecule has 0 saturated carbocycles. The number of ether oxygens (including phenoxy) is 11. The summed E-state index contributed by atoms with van der Waals surface area (Å²) in [5, 5.41) is 15.6. The summed E-state index contributed by atoms with van der Waals surface area (Å²) in [4.78, 5) is 89.2. The van der Waals surface area contributed by atoms with E-state index in [1.54, 1.807) is 30.3 Å². The number of hydrogen-bond acceptors (Lipinski definition) is 18. The number of esters is 4. The Morgan fingerprint density at radius 1 is 0.667 bits per heavy atom. The number of amides is 2. The third-order valence-corrected chi connectivity index (χ3v) is 11.7. The van der Waals surface area contributed by atoms with Crippen molar-refractivity contribution in [3.63, 3.8) is 0 Å². The number of hydrogen-bond donors (Lipinski definition) is 3. The topological polar surface area (TPSA) is 265 Å². The number of aliphatic carboxylic acids is 1. The van der Waals surface area contributed by atoms with Gasteiger partial charge in [-0.3, -0.25) is 24.0 Å². The van der Waals surface area contributed by atoms with Gasteiger partial charge in [-0.2, -0.15) is 0 Å². The highest BCUT2D eigenvalue weighted by atomic mass is 16.8. The molecule has 3 aromatic rings. The minimum atomic E-state index is -1.77. The maximum Gasteiger partial charge on any atom is 0.407 e. The van der Waals surface area contributed by atoms with Crippen LogP contribution in [0.1, 0.15) is 70.4 Å². The maximum absolute atomic E-state index is 13.4. The first-order valence-corrected chi connectivity index (χ1v) is 22.2. The molecule has 1 aliphatic carbocycles. The molecule has 370 valence electrons. The lowest BCUT2D eigenvalue weighted by Gasteiger charge is -2.51. The number of alkyl carbamates (subject to hydrolysis) is 1. The van der Waals surface area contributed by atoms with Gasteiger partial charge < -0.3 is 67.8 Å². The van der Waals surface area contributed by atoms with Crippen LogP contribution in [0.15, 0.2) is 78.9 Å². The molecule has 3 fully saturated rings. The van der Waals surface area contributed by atoms with Gasteiger partial charge in [-0.25, -0.2) is 9.59 Å². The summed E-state index contributed by atoms with van der Waals surface area (Å²) in [5.41, 5.74) is 4.48.